The van der Waals surface area contributed by atoms with Gasteiger partial charge in [0.1, 0.15) is 5.60 Å². The Hall–Kier alpha value is -0.770. The Balaban J connectivity index is 1.61. The Kier molecular flexibility index (Phi) is 4.39. The van der Waals surface area contributed by atoms with Crippen LogP contribution >= 0.6 is 0 Å². The van der Waals surface area contributed by atoms with E-state index in [1.807, 2.05) is 20.8 Å². The minimum atomic E-state index is -0.396. The largest absolute Gasteiger partial charge is 0.444 e. The zero-order chi connectivity index (χ0) is 14.0. The SMILES string of the molecule is CC(CC1CCC1)NC1CN(C(=O)OC(C)(C)C)C1. The molecule has 1 saturated carbocycles. The Morgan fingerprint density at radius 2 is 2.00 bits per heavy atom. The van der Waals surface area contributed by atoms with Gasteiger partial charge in [-0.25, -0.2) is 4.79 Å². The molecule has 1 aliphatic heterocycles. The minimum Gasteiger partial charge on any atom is -0.444 e. The van der Waals surface area contributed by atoms with E-state index in [-0.39, 0.29) is 6.09 Å². The van der Waals surface area contributed by atoms with Gasteiger partial charge in [0.2, 0.25) is 0 Å². The summed E-state index contributed by atoms with van der Waals surface area (Å²) in [4.78, 5) is 13.6. The summed E-state index contributed by atoms with van der Waals surface area (Å²) in [6.45, 7) is 9.53. The summed E-state index contributed by atoms with van der Waals surface area (Å²) in [5.74, 6) is 0.935. The lowest BCUT2D eigenvalue weighted by molar-refractivity contribution is 0.00390. The van der Waals surface area contributed by atoms with Gasteiger partial charge >= 0.3 is 6.09 Å². The number of carbonyl (C=O) groups is 1. The summed E-state index contributed by atoms with van der Waals surface area (Å²) in [6, 6.07) is 1.01. The van der Waals surface area contributed by atoms with Crippen LogP contribution in [0, 0.1) is 5.92 Å². The highest BCUT2D eigenvalue weighted by Crippen LogP contribution is 2.30. The summed E-state index contributed by atoms with van der Waals surface area (Å²) in [5.41, 5.74) is -0.396. The molecule has 0 aromatic heterocycles. The maximum absolute atomic E-state index is 11.8. The molecule has 2 rings (SSSR count). The molecule has 1 aliphatic carbocycles. The van der Waals surface area contributed by atoms with Crippen molar-refractivity contribution in [2.24, 2.45) is 5.92 Å². The molecule has 0 aromatic rings. The van der Waals surface area contributed by atoms with Gasteiger partial charge in [-0.05, 0) is 40.0 Å². The predicted octanol–water partition coefficient (Wildman–Crippen LogP) is 2.77. The molecule has 1 N–H and O–H groups in total. The van der Waals surface area contributed by atoms with Crippen LogP contribution in [-0.4, -0.2) is 41.8 Å². The number of likely N-dealkylation sites (tertiary alicyclic amines) is 1. The first-order valence-electron chi connectivity index (χ1n) is 7.57. The molecule has 4 nitrogen and oxygen atoms in total. The fourth-order valence-electron chi connectivity index (χ4n) is 2.76. The van der Waals surface area contributed by atoms with Gasteiger partial charge in [0.05, 0.1) is 0 Å². The second-order valence-electron chi connectivity index (χ2n) is 7.18. The van der Waals surface area contributed by atoms with E-state index in [1.54, 1.807) is 4.90 Å². The molecule has 2 aliphatic rings. The number of amides is 1. The second-order valence-corrected chi connectivity index (χ2v) is 7.18. The molecule has 1 unspecified atom stereocenters. The molecule has 2 fully saturated rings. The molecule has 0 radical (unpaired) electrons. The van der Waals surface area contributed by atoms with Crippen LogP contribution in [0.25, 0.3) is 0 Å². The van der Waals surface area contributed by atoms with Crippen molar-refractivity contribution in [3.63, 3.8) is 0 Å². The average molecular weight is 268 g/mol. The standard InChI is InChI=1S/C15H28N2O2/c1-11(8-12-6-5-7-12)16-13-9-17(10-13)14(18)19-15(2,3)4/h11-13,16H,5-10H2,1-4H3. The molecule has 1 atom stereocenters. The van der Waals surface area contributed by atoms with E-state index in [0.29, 0.717) is 12.1 Å². The summed E-state index contributed by atoms with van der Waals surface area (Å²) >= 11 is 0. The topological polar surface area (TPSA) is 41.6 Å². The molecule has 1 heterocycles. The van der Waals surface area contributed by atoms with E-state index in [0.717, 1.165) is 19.0 Å². The second kappa shape index (κ2) is 5.70. The Morgan fingerprint density at radius 3 is 2.47 bits per heavy atom. The number of hydrogen-bond donors (Lipinski definition) is 1. The van der Waals surface area contributed by atoms with Crippen LogP contribution in [0.2, 0.25) is 0 Å². The molecule has 19 heavy (non-hydrogen) atoms. The van der Waals surface area contributed by atoms with E-state index in [2.05, 4.69) is 12.2 Å². The van der Waals surface area contributed by atoms with Gasteiger partial charge in [0.15, 0.2) is 0 Å². The molecule has 110 valence electrons. The van der Waals surface area contributed by atoms with Crippen LogP contribution in [0.5, 0.6) is 0 Å². The first kappa shape index (κ1) is 14.6. The number of ether oxygens (including phenoxy) is 1. The fraction of sp³-hybridized carbons (Fsp3) is 0.933. The van der Waals surface area contributed by atoms with Crippen LogP contribution in [0.15, 0.2) is 0 Å². The first-order valence-corrected chi connectivity index (χ1v) is 7.57. The van der Waals surface area contributed by atoms with Gasteiger partial charge in [-0.3, -0.25) is 0 Å². The lowest BCUT2D eigenvalue weighted by atomic mass is 9.81. The molecule has 1 amide bonds. The van der Waals surface area contributed by atoms with Gasteiger partial charge in [0, 0.05) is 25.2 Å². The molecular weight excluding hydrogens is 240 g/mol. The molecule has 0 bridgehead atoms. The van der Waals surface area contributed by atoms with Crippen molar-refractivity contribution in [3.05, 3.63) is 0 Å². The molecule has 0 spiro atoms. The summed E-state index contributed by atoms with van der Waals surface area (Å²) in [5, 5.41) is 3.61. The maximum atomic E-state index is 11.8. The summed E-state index contributed by atoms with van der Waals surface area (Å²) < 4.78 is 5.35. The normalized spacial score (nSPS) is 22.6. The van der Waals surface area contributed by atoms with Crippen LogP contribution in [0.1, 0.15) is 53.4 Å². The van der Waals surface area contributed by atoms with Crippen molar-refractivity contribution < 1.29 is 9.53 Å². The Morgan fingerprint density at radius 1 is 1.37 bits per heavy atom. The van der Waals surface area contributed by atoms with Crippen molar-refractivity contribution >= 4 is 6.09 Å². The summed E-state index contributed by atoms with van der Waals surface area (Å²) in [6.07, 6.45) is 5.31. The van der Waals surface area contributed by atoms with Gasteiger partial charge in [-0.2, -0.15) is 0 Å². The molecule has 1 saturated heterocycles. The van der Waals surface area contributed by atoms with Gasteiger partial charge in [0.25, 0.3) is 0 Å². The number of rotatable bonds is 4. The van der Waals surface area contributed by atoms with Crippen LogP contribution in [0.3, 0.4) is 0 Å². The van der Waals surface area contributed by atoms with E-state index < -0.39 is 5.60 Å². The number of carbonyl (C=O) groups excluding carboxylic acids is 1. The van der Waals surface area contributed by atoms with Gasteiger partial charge < -0.3 is 15.0 Å². The molecule has 0 aromatic carbocycles. The van der Waals surface area contributed by atoms with Gasteiger partial charge in [-0.15, -0.1) is 0 Å². The Labute approximate surface area is 116 Å². The lowest BCUT2D eigenvalue weighted by Gasteiger charge is -2.42. The zero-order valence-corrected chi connectivity index (χ0v) is 12.7. The number of nitrogens with zero attached hydrogens (tertiary/aromatic N) is 1. The van der Waals surface area contributed by atoms with Crippen molar-refractivity contribution in [2.75, 3.05) is 13.1 Å². The van der Waals surface area contributed by atoms with E-state index in [4.69, 9.17) is 4.74 Å². The van der Waals surface area contributed by atoms with Crippen LogP contribution in [0.4, 0.5) is 4.79 Å². The highest BCUT2D eigenvalue weighted by molar-refractivity contribution is 5.69. The van der Waals surface area contributed by atoms with Crippen molar-refractivity contribution in [3.8, 4) is 0 Å². The highest BCUT2D eigenvalue weighted by atomic mass is 16.6. The monoisotopic (exact) mass is 268 g/mol. The third-order valence-electron chi connectivity index (χ3n) is 3.97. The lowest BCUT2D eigenvalue weighted by Crippen LogP contribution is -2.62. The molecular formula is C15H28N2O2. The number of hydrogen-bond acceptors (Lipinski definition) is 3. The quantitative estimate of drug-likeness (QED) is 0.852. The Bertz CT molecular complexity index is 315. The predicted molar refractivity (Wildman–Crippen MR) is 76.2 cm³/mol. The molecule has 4 heteroatoms. The average Bonchev–Trinajstić information content (AvgIpc) is 2.13. The minimum absolute atomic E-state index is 0.183. The zero-order valence-electron chi connectivity index (χ0n) is 12.7. The number of nitrogens with one attached hydrogen (secondary N) is 1. The van der Waals surface area contributed by atoms with Gasteiger partial charge in [-0.1, -0.05) is 19.3 Å². The third-order valence-corrected chi connectivity index (χ3v) is 3.97. The van der Waals surface area contributed by atoms with Crippen LogP contribution < -0.4 is 5.32 Å². The first-order chi connectivity index (χ1) is 8.83. The summed E-state index contributed by atoms with van der Waals surface area (Å²) in [7, 11) is 0. The van der Waals surface area contributed by atoms with Crippen molar-refractivity contribution in [1.82, 2.24) is 10.2 Å². The highest BCUT2D eigenvalue weighted by Gasteiger charge is 2.34. The fourth-order valence-corrected chi connectivity index (χ4v) is 2.76. The van der Waals surface area contributed by atoms with Crippen LogP contribution in [-0.2, 0) is 4.74 Å². The van der Waals surface area contributed by atoms with E-state index >= 15 is 0 Å². The van der Waals surface area contributed by atoms with E-state index in [1.165, 1.54) is 25.7 Å². The smallest absolute Gasteiger partial charge is 0.410 e. The van der Waals surface area contributed by atoms with Crippen molar-refractivity contribution in [1.29, 1.82) is 0 Å². The maximum Gasteiger partial charge on any atom is 0.410 e. The van der Waals surface area contributed by atoms with E-state index in [9.17, 15) is 4.79 Å². The van der Waals surface area contributed by atoms with Crippen molar-refractivity contribution in [2.45, 2.75) is 71.1 Å². The third kappa shape index (κ3) is 4.37.